The molecule has 5 rings (SSSR count). The second-order valence-electron chi connectivity index (χ2n) is 8.40. The maximum atomic E-state index is 4.86. The van der Waals surface area contributed by atoms with Crippen molar-refractivity contribution in [2.24, 2.45) is 0 Å². The van der Waals surface area contributed by atoms with E-state index in [1.165, 1.54) is 49.8 Å². The van der Waals surface area contributed by atoms with E-state index in [-0.39, 0.29) is 5.41 Å². The van der Waals surface area contributed by atoms with Crippen molar-refractivity contribution in [1.82, 2.24) is 4.72 Å². The third kappa shape index (κ3) is 2.89. The van der Waals surface area contributed by atoms with E-state index in [9.17, 15) is 0 Å². The fraction of sp³-hybridized carbons (Fsp3) is 0.154. The highest BCUT2D eigenvalue weighted by atomic mass is 32.2. The normalized spacial score (nSPS) is 12.2. The van der Waals surface area contributed by atoms with Crippen LogP contribution in [0.25, 0.3) is 32.3 Å². The minimum Gasteiger partial charge on any atom is -0.211 e. The van der Waals surface area contributed by atoms with Gasteiger partial charge in [0.15, 0.2) is 0 Å². The Hall–Kier alpha value is -2.71. The standard InChI is InChI=1S/C26H22NS/c1-26(2,3)20-15-18-10-9-17-12-14-23(27-28-21-7-5-4-6-8-21)22-13-11-19(16-20)24(18)25(17)22/h4-16H,1-3H3. The van der Waals surface area contributed by atoms with Gasteiger partial charge in [-0.15, -0.1) is 0 Å². The van der Waals surface area contributed by atoms with Crippen LogP contribution in [0.1, 0.15) is 26.3 Å². The molecule has 0 aliphatic carbocycles. The molecule has 5 aromatic rings. The summed E-state index contributed by atoms with van der Waals surface area (Å²) in [4.78, 5) is 1.16. The van der Waals surface area contributed by atoms with Gasteiger partial charge in [-0.3, -0.25) is 0 Å². The van der Waals surface area contributed by atoms with Crippen LogP contribution >= 0.6 is 11.9 Å². The van der Waals surface area contributed by atoms with Crippen molar-refractivity contribution in [3.05, 3.63) is 84.4 Å². The first kappa shape index (κ1) is 17.4. The van der Waals surface area contributed by atoms with Gasteiger partial charge in [-0.25, -0.2) is 4.72 Å². The number of benzene rings is 5. The molecule has 0 saturated carbocycles. The van der Waals surface area contributed by atoms with Gasteiger partial charge in [0.1, 0.15) is 0 Å². The molecule has 1 nitrogen and oxygen atoms in total. The molecule has 1 radical (unpaired) electrons. The topological polar surface area (TPSA) is 14.1 Å². The Morgan fingerprint density at radius 3 is 2.04 bits per heavy atom. The zero-order valence-electron chi connectivity index (χ0n) is 16.4. The summed E-state index contributed by atoms with van der Waals surface area (Å²) in [5.41, 5.74) is 2.55. The molecule has 137 valence electrons. The third-order valence-corrected chi connectivity index (χ3v) is 6.21. The number of hydrogen-bond acceptors (Lipinski definition) is 1. The summed E-state index contributed by atoms with van der Waals surface area (Å²) in [6.45, 7) is 6.83. The molecule has 28 heavy (non-hydrogen) atoms. The molecular weight excluding hydrogens is 358 g/mol. The van der Waals surface area contributed by atoms with Crippen LogP contribution in [0, 0.1) is 0 Å². The lowest BCUT2D eigenvalue weighted by molar-refractivity contribution is 0.591. The Bertz CT molecular complexity index is 1260. The highest BCUT2D eigenvalue weighted by Gasteiger charge is 2.17. The molecule has 0 N–H and O–H groups in total. The average molecular weight is 381 g/mol. The summed E-state index contributed by atoms with van der Waals surface area (Å²) in [5.74, 6) is 0. The summed E-state index contributed by atoms with van der Waals surface area (Å²) in [6, 6.07) is 28.4. The van der Waals surface area contributed by atoms with Gasteiger partial charge in [-0.05, 0) is 56.1 Å². The monoisotopic (exact) mass is 380 g/mol. The van der Waals surface area contributed by atoms with Crippen molar-refractivity contribution >= 4 is 50.0 Å². The van der Waals surface area contributed by atoms with E-state index < -0.39 is 0 Å². The lowest BCUT2D eigenvalue weighted by Crippen LogP contribution is -2.10. The van der Waals surface area contributed by atoms with E-state index in [0.29, 0.717) is 0 Å². The predicted octanol–water partition coefficient (Wildman–Crippen LogP) is 7.82. The van der Waals surface area contributed by atoms with Crippen molar-refractivity contribution in [2.75, 3.05) is 0 Å². The molecule has 0 heterocycles. The molecule has 0 amide bonds. The van der Waals surface area contributed by atoms with Gasteiger partial charge in [0.2, 0.25) is 0 Å². The Labute approximate surface area is 170 Å². The van der Waals surface area contributed by atoms with Crippen LogP contribution in [0.5, 0.6) is 0 Å². The van der Waals surface area contributed by atoms with Crippen LogP contribution in [-0.2, 0) is 5.41 Å². The Morgan fingerprint density at radius 2 is 1.32 bits per heavy atom. The molecule has 5 aromatic carbocycles. The van der Waals surface area contributed by atoms with E-state index in [0.717, 1.165) is 10.6 Å². The molecule has 0 bridgehead atoms. The van der Waals surface area contributed by atoms with Crippen molar-refractivity contribution in [1.29, 1.82) is 0 Å². The van der Waals surface area contributed by atoms with Gasteiger partial charge in [0, 0.05) is 22.2 Å². The highest BCUT2D eigenvalue weighted by Crippen LogP contribution is 2.40. The first-order chi connectivity index (χ1) is 13.5. The first-order valence-corrected chi connectivity index (χ1v) is 10.4. The second-order valence-corrected chi connectivity index (χ2v) is 9.24. The summed E-state index contributed by atoms with van der Waals surface area (Å²) in [7, 11) is 0. The van der Waals surface area contributed by atoms with Gasteiger partial charge >= 0.3 is 0 Å². The van der Waals surface area contributed by atoms with Gasteiger partial charge in [0.25, 0.3) is 0 Å². The summed E-state index contributed by atoms with van der Waals surface area (Å²) < 4.78 is 4.86. The second kappa shape index (κ2) is 6.42. The van der Waals surface area contributed by atoms with E-state index in [4.69, 9.17) is 4.72 Å². The van der Waals surface area contributed by atoms with E-state index in [1.807, 2.05) is 6.07 Å². The van der Waals surface area contributed by atoms with Gasteiger partial charge in [-0.2, -0.15) is 0 Å². The lowest BCUT2D eigenvalue weighted by Gasteiger charge is -2.21. The van der Waals surface area contributed by atoms with Crippen LogP contribution < -0.4 is 4.72 Å². The number of rotatable bonds is 3. The largest absolute Gasteiger partial charge is 0.211 e. The Balaban J connectivity index is 1.69. The van der Waals surface area contributed by atoms with E-state index in [1.54, 1.807) is 0 Å². The smallest absolute Gasteiger partial charge is 0.0796 e. The lowest BCUT2D eigenvalue weighted by atomic mass is 9.83. The molecule has 0 saturated heterocycles. The summed E-state index contributed by atoms with van der Waals surface area (Å²) in [6.07, 6.45) is 0. The maximum absolute atomic E-state index is 4.86. The maximum Gasteiger partial charge on any atom is 0.0796 e. The summed E-state index contributed by atoms with van der Waals surface area (Å²) >= 11 is 1.53. The van der Waals surface area contributed by atoms with E-state index >= 15 is 0 Å². The minimum atomic E-state index is 0.136. The van der Waals surface area contributed by atoms with Crippen LogP contribution in [0.2, 0.25) is 0 Å². The molecular formula is C26H22NS. The minimum absolute atomic E-state index is 0.136. The average Bonchev–Trinajstić information content (AvgIpc) is 2.70. The summed E-state index contributed by atoms with van der Waals surface area (Å²) in [5, 5.41) is 7.81. The SMILES string of the molecule is CC(C)(C)c1cc2ccc3ccc([N]Sc4ccccc4)c4ccc(c1)c2c34. The van der Waals surface area contributed by atoms with Crippen LogP contribution in [0.3, 0.4) is 0 Å². The quantitative estimate of drug-likeness (QED) is 0.230. The molecule has 0 unspecified atom stereocenters. The van der Waals surface area contributed by atoms with Gasteiger partial charge in [0.05, 0.1) is 5.69 Å². The van der Waals surface area contributed by atoms with Gasteiger partial charge < -0.3 is 0 Å². The molecule has 0 aliphatic rings. The predicted molar refractivity (Wildman–Crippen MR) is 123 cm³/mol. The molecule has 0 fully saturated rings. The molecule has 0 spiro atoms. The van der Waals surface area contributed by atoms with Crippen molar-refractivity contribution in [3.8, 4) is 0 Å². The van der Waals surface area contributed by atoms with Crippen LogP contribution in [0.15, 0.2) is 83.8 Å². The van der Waals surface area contributed by atoms with Crippen molar-refractivity contribution in [2.45, 2.75) is 31.1 Å². The molecule has 0 aliphatic heterocycles. The number of nitrogens with zero attached hydrogens (tertiary/aromatic N) is 1. The number of hydrogen-bond donors (Lipinski definition) is 0. The Morgan fingerprint density at radius 1 is 0.679 bits per heavy atom. The first-order valence-electron chi connectivity index (χ1n) is 9.66. The fourth-order valence-electron chi connectivity index (χ4n) is 3.90. The fourth-order valence-corrected chi connectivity index (χ4v) is 4.54. The molecule has 2 heteroatoms. The Kier molecular flexibility index (Phi) is 3.99. The van der Waals surface area contributed by atoms with Crippen molar-refractivity contribution in [3.63, 3.8) is 0 Å². The zero-order valence-corrected chi connectivity index (χ0v) is 17.2. The van der Waals surface area contributed by atoms with Crippen LogP contribution in [-0.4, -0.2) is 0 Å². The van der Waals surface area contributed by atoms with E-state index in [2.05, 4.69) is 93.6 Å². The van der Waals surface area contributed by atoms with Crippen molar-refractivity contribution < 1.29 is 0 Å². The zero-order chi connectivity index (χ0) is 19.3. The van der Waals surface area contributed by atoms with Crippen LogP contribution in [0.4, 0.5) is 5.69 Å². The highest BCUT2D eigenvalue weighted by molar-refractivity contribution is 7.97. The third-order valence-electron chi connectivity index (χ3n) is 5.43. The molecule has 0 atom stereocenters. The molecule has 0 aromatic heterocycles. The van der Waals surface area contributed by atoms with Gasteiger partial charge in [-0.1, -0.05) is 81.4 Å².